The summed E-state index contributed by atoms with van der Waals surface area (Å²) in [5.41, 5.74) is 1.26. The second-order valence-electron chi connectivity index (χ2n) is 5.45. The van der Waals surface area contributed by atoms with E-state index in [2.05, 4.69) is 10.3 Å². The number of rotatable bonds is 5. The van der Waals surface area contributed by atoms with E-state index >= 15 is 0 Å². The Bertz CT molecular complexity index is 972. The number of hydrogen-bond donors (Lipinski definition) is 2. The third-order valence-corrected chi connectivity index (χ3v) is 4.68. The number of nitrogens with one attached hydrogen (secondary N) is 1. The molecule has 1 aliphatic rings. The standard InChI is InChI=1S/C19H15ClN2O4S/c1-2-26-15-7-6-13(20)8-12(15)10-16-17(23)22-19(27-16)21-14-5-3-4-11(9-14)18(24)25/h3-10H,2H2,1H3,(H,24,25)(H,21,22,23)/b16-10-. The normalized spacial score (nSPS) is 16.6. The molecule has 0 saturated carbocycles. The number of carbonyl (C=O) groups is 2. The van der Waals surface area contributed by atoms with E-state index < -0.39 is 5.97 Å². The van der Waals surface area contributed by atoms with Crippen LogP contribution < -0.4 is 10.1 Å². The van der Waals surface area contributed by atoms with Crippen LogP contribution in [0.1, 0.15) is 22.8 Å². The Morgan fingerprint density at radius 3 is 2.89 bits per heavy atom. The van der Waals surface area contributed by atoms with Gasteiger partial charge < -0.3 is 15.2 Å². The second-order valence-corrected chi connectivity index (χ2v) is 6.92. The zero-order valence-corrected chi connectivity index (χ0v) is 15.8. The van der Waals surface area contributed by atoms with Gasteiger partial charge in [-0.2, -0.15) is 0 Å². The number of thioether (sulfide) groups is 1. The number of carbonyl (C=O) groups excluding carboxylic acids is 1. The first-order valence-electron chi connectivity index (χ1n) is 8.01. The van der Waals surface area contributed by atoms with Crippen molar-refractivity contribution in [2.75, 3.05) is 6.61 Å². The summed E-state index contributed by atoms with van der Waals surface area (Å²) in [7, 11) is 0. The maximum atomic E-state index is 12.3. The van der Waals surface area contributed by atoms with Crippen LogP contribution in [0.3, 0.4) is 0 Å². The van der Waals surface area contributed by atoms with Crippen LogP contribution in [0, 0.1) is 0 Å². The highest BCUT2D eigenvalue weighted by Gasteiger charge is 2.24. The molecule has 0 atom stereocenters. The number of ether oxygens (including phenoxy) is 1. The Labute approximate surface area is 164 Å². The van der Waals surface area contributed by atoms with Crippen molar-refractivity contribution < 1.29 is 19.4 Å². The van der Waals surface area contributed by atoms with Crippen molar-refractivity contribution >= 4 is 52.2 Å². The fourth-order valence-corrected chi connectivity index (χ4v) is 3.38. The first-order valence-corrected chi connectivity index (χ1v) is 9.21. The third-order valence-electron chi connectivity index (χ3n) is 3.53. The maximum absolute atomic E-state index is 12.3. The molecule has 1 heterocycles. The molecule has 0 radical (unpaired) electrons. The van der Waals surface area contributed by atoms with Gasteiger partial charge in [0.2, 0.25) is 0 Å². The van der Waals surface area contributed by atoms with Crippen molar-refractivity contribution in [3.63, 3.8) is 0 Å². The summed E-state index contributed by atoms with van der Waals surface area (Å²) in [6, 6.07) is 11.4. The molecule has 6 nitrogen and oxygen atoms in total. The van der Waals surface area contributed by atoms with E-state index in [0.29, 0.717) is 38.7 Å². The summed E-state index contributed by atoms with van der Waals surface area (Å²) in [5.74, 6) is -0.705. The summed E-state index contributed by atoms with van der Waals surface area (Å²) in [5, 5.41) is 12.6. The van der Waals surface area contributed by atoms with E-state index in [0.717, 1.165) is 11.8 Å². The van der Waals surface area contributed by atoms with Gasteiger partial charge in [0.1, 0.15) is 5.75 Å². The molecule has 8 heteroatoms. The number of aliphatic imine (C=N–C) groups is 1. The number of aromatic carboxylic acids is 1. The molecule has 1 aliphatic heterocycles. The fraction of sp³-hybridized carbons (Fsp3) is 0.105. The molecule has 1 amide bonds. The van der Waals surface area contributed by atoms with Crippen molar-refractivity contribution in [2.45, 2.75) is 6.92 Å². The van der Waals surface area contributed by atoms with E-state index in [1.807, 2.05) is 6.92 Å². The fourth-order valence-electron chi connectivity index (χ4n) is 2.37. The van der Waals surface area contributed by atoms with Crippen molar-refractivity contribution in [3.05, 3.63) is 63.5 Å². The average Bonchev–Trinajstić information content (AvgIpc) is 2.96. The number of nitrogens with zero attached hydrogens (tertiary/aromatic N) is 1. The molecule has 0 aliphatic carbocycles. The van der Waals surface area contributed by atoms with Gasteiger partial charge in [-0.05, 0) is 61.2 Å². The quantitative estimate of drug-likeness (QED) is 0.727. The van der Waals surface area contributed by atoms with Gasteiger partial charge in [0.15, 0.2) is 5.17 Å². The lowest BCUT2D eigenvalue weighted by atomic mass is 10.2. The van der Waals surface area contributed by atoms with Crippen LogP contribution in [0.25, 0.3) is 6.08 Å². The molecule has 3 rings (SSSR count). The maximum Gasteiger partial charge on any atom is 0.335 e. The summed E-state index contributed by atoms with van der Waals surface area (Å²) < 4.78 is 5.57. The number of carboxylic acid groups (broad SMARTS) is 1. The summed E-state index contributed by atoms with van der Waals surface area (Å²) >= 11 is 7.21. The van der Waals surface area contributed by atoms with Gasteiger partial charge in [0, 0.05) is 10.6 Å². The first kappa shape index (κ1) is 19.0. The molecule has 0 aromatic heterocycles. The highest BCUT2D eigenvalue weighted by atomic mass is 35.5. The second kappa shape index (κ2) is 8.28. The van der Waals surface area contributed by atoms with Crippen molar-refractivity contribution in [2.24, 2.45) is 4.99 Å². The molecular formula is C19H15ClN2O4S. The minimum Gasteiger partial charge on any atom is -0.493 e. The zero-order chi connectivity index (χ0) is 19.4. The van der Waals surface area contributed by atoms with Gasteiger partial charge >= 0.3 is 5.97 Å². The molecule has 1 fully saturated rings. The van der Waals surface area contributed by atoms with Crippen LogP contribution in [-0.4, -0.2) is 28.8 Å². The van der Waals surface area contributed by atoms with Crippen molar-refractivity contribution in [1.82, 2.24) is 5.32 Å². The van der Waals surface area contributed by atoms with Gasteiger partial charge in [-0.1, -0.05) is 17.7 Å². The lowest BCUT2D eigenvalue weighted by Crippen LogP contribution is -2.19. The number of amidine groups is 1. The van der Waals surface area contributed by atoms with Crippen molar-refractivity contribution in [3.8, 4) is 5.75 Å². The number of carboxylic acids is 1. The molecule has 2 aromatic rings. The number of hydrogen-bond acceptors (Lipinski definition) is 5. The average molecular weight is 403 g/mol. The van der Waals surface area contributed by atoms with Crippen LogP contribution in [0.15, 0.2) is 52.4 Å². The molecule has 0 spiro atoms. The SMILES string of the molecule is CCOc1ccc(Cl)cc1/C=C1\SC(=Nc2cccc(C(=O)O)c2)NC1=O. The van der Waals surface area contributed by atoms with E-state index in [1.165, 1.54) is 12.1 Å². The predicted molar refractivity (Wildman–Crippen MR) is 107 cm³/mol. The van der Waals surface area contributed by atoms with E-state index in [9.17, 15) is 9.59 Å². The number of amides is 1. The topological polar surface area (TPSA) is 88.0 Å². The molecule has 2 N–H and O–H groups in total. The largest absolute Gasteiger partial charge is 0.493 e. The lowest BCUT2D eigenvalue weighted by Gasteiger charge is -2.07. The molecule has 0 unspecified atom stereocenters. The van der Waals surface area contributed by atoms with Gasteiger partial charge in [-0.3, -0.25) is 4.79 Å². The van der Waals surface area contributed by atoms with Crippen LogP contribution in [0.2, 0.25) is 5.02 Å². The monoisotopic (exact) mass is 402 g/mol. The molecule has 27 heavy (non-hydrogen) atoms. The molecular weight excluding hydrogens is 388 g/mol. The smallest absolute Gasteiger partial charge is 0.335 e. The Kier molecular flexibility index (Phi) is 5.83. The van der Waals surface area contributed by atoms with Crippen LogP contribution in [-0.2, 0) is 4.79 Å². The van der Waals surface area contributed by atoms with Gasteiger partial charge in [-0.15, -0.1) is 0 Å². The highest BCUT2D eigenvalue weighted by Crippen LogP contribution is 2.32. The van der Waals surface area contributed by atoms with Crippen LogP contribution in [0.4, 0.5) is 5.69 Å². The minimum atomic E-state index is -1.04. The summed E-state index contributed by atoms with van der Waals surface area (Å²) in [6.07, 6.45) is 1.69. The van der Waals surface area contributed by atoms with Crippen molar-refractivity contribution in [1.29, 1.82) is 0 Å². The Morgan fingerprint density at radius 1 is 1.33 bits per heavy atom. The third kappa shape index (κ3) is 4.69. The zero-order valence-electron chi connectivity index (χ0n) is 14.2. The number of benzene rings is 2. The van der Waals surface area contributed by atoms with E-state index in [-0.39, 0.29) is 11.5 Å². The lowest BCUT2D eigenvalue weighted by molar-refractivity contribution is -0.115. The summed E-state index contributed by atoms with van der Waals surface area (Å²) in [4.78, 5) is 28.1. The molecule has 138 valence electrons. The first-order chi connectivity index (χ1) is 13.0. The van der Waals surface area contributed by atoms with Gasteiger partial charge in [-0.25, -0.2) is 9.79 Å². The Hall–Kier alpha value is -2.77. The van der Waals surface area contributed by atoms with Crippen LogP contribution in [0.5, 0.6) is 5.75 Å². The van der Waals surface area contributed by atoms with E-state index in [4.69, 9.17) is 21.4 Å². The minimum absolute atomic E-state index is 0.127. The van der Waals surface area contributed by atoms with Crippen LogP contribution >= 0.6 is 23.4 Å². The highest BCUT2D eigenvalue weighted by molar-refractivity contribution is 8.18. The molecule has 1 saturated heterocycles. The van der Waals surface area contributed by atoms with Gasteiger partial charge in [0.25, 0.3) is 5.91 Å². The molecule has 2 aromatic carbocycles. The predicted octanol–water partition coefficient (Wildman–Crippen LogP) is 4.33. The van der Waals surface area contributed by atoms with E-state index in [1.54, 1.807) is 36.4 Å². The van der Waals surface area contributed by atoms with Gasteiger partial charge in [0.05, 0.1) is 22.8 Å². The Morgan fingerprint density at radius 2 is 2.15 bits per heavy atom. The number of halogens is 1. The summed E-state index contributed by atoms with van der Waals surface area (Å²) in [6.45, 7) is 2.36. The Balaban J connectivity index is 1.88. The molecule has 0 bridgehead atoms.